The van der Waals surface area contributed by atoms with Crippen LogP contribution in [0, 0.1) is 5.82 Å². The van der Waals surface area contributed by atoms with Crippen molar-refractivity contribution in [3.63, 3.8) is 0 Å². The first kappa shape index (κ1) is 15.9. The second-order valence-corrected chi connectivity index (χ2v) is 4.21. The molecule has 1 N–H and O–H groups in total. The topological polar surface area (TPSA) is 63.6 Å². The lowest BCUT2D eigenvalue weighted by Crippen LogP contribution is -2.44. The molecule has 0 aliphatic heterocycles. The third-order valence-corrected chi connectivity index (χ3v) is 2.99. The third kappa shape index (κ3) is 3.04. The van der Waals surface area contributed by atoms with Crippen LogP contribution in [0.2, 0.25) is 0 Å². The van der Waals surface area contributed by atoms with Crippen LogP contribution >= 0.6 is 0 Å². The van der Waals surface area contributed by atoms with Crippen LogP contribution in [0.3, 0.4) is 0 Å². The Morgan fingerprint density at radius 3 is 2.40 bits per heavy atom. The summed E-state index contributed by atoms with van der Waals surface area (Å²) >= 11 is 0. The van der Waals surface area contributed by atoms with Crippen LogP contribution in [-0.4, -0.2) is 23.7 Å². The van der Waals surface area contributed by atoms with E-state index in [-0.39, 0.29) is 18.6 Å². The van der Waals surface area contributed by atoms with Gasteiger partial charge in [-0.3, -0.25) is 9.59 Å². The fourth-order valence-electron chi connectivity index (χ4n) is 1.90. The van der Waals surface area contributed by atoms with Crippen LogP contribution in [0.25, 0.3) is 0 Å². The number of esters is 1. The minimum absolute atomic E-state index is 0.0523. The molecule has 0 spiro atoms. The number of ether oxygens (including phenoxy) is 1. The molecule has 1 aromatic rings. The number of carbonyl (C=O) groups excluding carboxylic acids is 1. The highest BCUT2D eigenvalue weighted by atomic mass is 19.1. The van der Waals surface area contributed by atoms with Gasteiger partial charge in [-0.15, -0.1) is 0 Å². The van der Waals surface area contributed by atoms with E-state index in [4.69, 9.17) is 4.74 Å². The lowest BCUT2D eigenvalue weighted by molar-refractivity contribution is -0.161. The van der Waals surface area contributed by atoms with Crippen LogP contribution in [0.5, 0.6) is 0 Å². The van der Waals surface area contributed by atoms with E-state index < -0.39 is 23.2 Å². The number of rotatable bonds is 6. The molecule has 1 aromatic carbocycles. The predicted molar refractivity (Wildman–Crippen MR) is 71.8 cm³/mol. The van der Waals surface area contributed by atoms with Crippen molar-refractivity contribution in [1.29, 1.82) is 0 Å². The Bertz CT molecular complexity index is 507. The first-order valence-electron chi connectivity index (χ1n) is 6.26. The Morgan fingerprint density at radius 1 is 1.35 bits per heavy atom. The first-order valence-corrected chi connectivity index (χ1v) is 6.26. The number of carboxylic acids is 1. The Balaban J connectivity index is 3.39. The van der Waals surface area contributed by atoms with Gasteiger partial charge in [0.1, 0.15) is 5.82 Å². The molecule has 0 heterocycles. The van der Waals surface area contributed by atoms with Gasteiger partial charge in [0.2, 0.25) is 0 Å². The SMILES string of the molecule is C/C=C/CC(C(=O)O)(C(=O)OCC)c1ccc(F)cc1. The summed E-state index contributed by atoms with van der Waals surface area (Å²) in [5, 5.41) is 9.54. The number of hydrogen-bond acceptors (Lipinski definition) is 3. The number of carbonyl (C=O) groups is 2. The van der Waals surface area contributed by atoms with E-state index in [0.717, 1.165) is 12.1 Å². The highest BCUT2D eigenvalue weighted by Crippen LogP contribution is 2.31. The molecule has 4 nitrogen and oxygen atoms in total. The fraction of sp³-hybridized carbons (Fsp3) is 0.333. The molecule has 5 heteroatoms. The summed E-state index contributed by atoms with van der Waals surface area (Å²) in [5.41, 5.74) is -1.65. The molecule has 20 heavy (non-hydrogen) atoms. The van der Waals surface area contributed by atoms with Gasteiger partial charge < -0.3 is 9.84 Å². The molecule has 0 aliphatic rings. The Kier molecular flexibility index (Phi) is 5.43. The summed E-state index contributed by atoms with van der Waals surface area (Å²) in [6.45, 7) is 3.40. The Labute approximate surface area is 116 Å². The van der Waals surface area contributed by atoms with E-state index in [1.54, 1.807) is 26.0 Å². The largest absolute Gasteiger partial charge is 0.480 e. The molecule has 1 atom stereocenters. The van der Waals surface area contributed by atoms with Crippen LogP contribution in [0.4, 0.5) is 4.39 Å². The zero-order valence-corrected chi connectivity index (χ0v) is 11.4. The van der Waals surface area contributed by atoms with Crippen molar-refractivity contribution >= 4 is 11.9 Å². The molecule has 0 bridgehead atoms. The molecule has 0 radical (unpaired) electrons. The van der Waals surface area contributed by atoms with Crippen molar-refractivity contribution in [1.82, 2.24) is 0 Å². The van der Waals surface area contributed by atoms with E-state index >= 15 is 0 Å². The van der Waals surface area contributed by atoms with Crippen molar-refractivity contribution in [2.45, 2.75) is 25.7 Å². The fourth-order valence-corrected chi connectivity index (χ4v) is 1.90. The van der Waals surface area contributed by atoms with E-state index in [1.807, 2.05) is 0 Å². The average molecular weight is 280 g/mol. The number of aliphatic carboxylic acids is 1. The maximum absolute atomic E-state index is 13.0. The summed E-state index contributed by atoms with van der Waals surface area (Å²) in [6, 6.07) is 4.84. The van der Waals surface area contributed by atoms with E-state index in [0.29, 0.717) is 0 Å². The molecular weight excluding hydrogens is 263 g/mol. The quantitative estimate of drug-likeness (QED) is 0.494. The van der Waals surface area contributed by atoms with Gasteiger partial charge in [-0.25, -0.2) is 4.39 Å². The van der Waals surface area contributed by atoms with Crippen molar-refractivity contribution in [2.24, 2.45) is 0 Å². The molecule has 0 amide bonds. The minimum Gasteiger partial charge on any atom is -0.480 e. The molecule has 0 saturated carbocycles. The lowest BCUT2D eigenvalue weighted by atomic mass is 9.77. The summed E-state index contributed by atoms with van der Waals surface area (Å²) in [4.78, 5) is 23.9. The van der Waals surface area contributed by atoms with E-state index in [9.17, 15) is 19.1 Å². The molecule has 0 aromatic heterocycles. The van der Waals surface area contributed by atoms with Crippen molar-refractivity contribution in [3.05, 3.63) is 47.8 Å². The van der Waals surface area contributed by atoms with Gasteiger partial charge in [0.15, 0.2) is 5.41 Å². The van der Waals surface area contributed by atoms with Crippen molar-refractivity contribution in [3.8, 4) is 0 Å². The van der Waals surface area contributed by atoms with Gasteiger partial charge in [0.25, 0.3) is 0 Å². The average Bonchev–Trinajstić information content (AvgIpc) is 2.41. The molecule has 108 valence electrons. The normalized spacial score (nSPS) is 13.9. The molecule has 0 fully saturated rings. The second-order valence-electron chi connectivity index (χ2n) is 4.21. The number of halogens is 1. The van der Waals surface area contributed by atoms with Crippen LogP contribution in [-0.2, 0) is 19.7 Å². The minimum atomic E-state index is -1.85. The first-order chi connectivity index (χ1) is 9.48. The monoisotopic (exact) mass is 280 g/mol. The van der Waals surface area contributed by atoms with Gasteiger partial charge in [-0.1, -0.05) is 24.3 Å². The summed E-state index contributed by atoms with van der Waals surface area (Å²) < 4.78 is 17.9. The van der Waals surface area contributed by atoms with Crippen molar-refractivity contribution in [2.75, 3.05) is 6.61 Å². The van der Waals surface area contributed by atoms with Gasteiger partial charge in [-0.05, 0) is 38.0 Å². The molecule has 1 rings (SSSR count). The van der Waals surface area contributed by atoms with Gasteiger partial charge in [0.05, 0.1) is 6.61 Å². The smallest absolute Gasteiger partial charge is 0.328 e. The Hall–Kier alpha value is -2.17. The Morgan fingerprint density at radius 2 is 1.95 bits per heavy atom. The zero-order valence-electron chi connectivity index (χ0n) is 11.4. The molecule has 1 unspecified atom stereocenters. The molecule has 0 aliphatic carbocycles. The van der Waals surface area contributed by atoms with Gasteiger partial charge in [0, 0.05) is 0 Å². The second kappa shape index (κ2) is 6.84. The van der Waals surface area contributed by atoms with E-state index in [2.05, 4.69) is 0 Å². The summed E-state index contributed by atoms with van der Waals surface area (Å²) in [7, 11) is 0. The number of hydrogen-bond donors (Lipinski definition) is 1. The number of allylic oxidation sites excluding steroid dienone is 2. The van der Waals surface area contributed by atoms with Gasteiger partial charge in [-0.2, -0.15) is 0 Å². The van der Waals surface area contributed by atoms with Crippen LogP contribution < -0.4 is 0 Å². The zero-order chi connectivity index (χ0) is 15.2. The van der Waals surface area contributed by atoms with Gasteiger partial charge >= 0.3 is 11.9 Å². The lowest BCUT2D eigenvalue weighted by Gasteiger charge is -2.26. The molecule has 0 saturated heterocycles. The highest BCUT2D eigenvalue weighted by Gasteiger charge is 2.48. The third-order valence-electron chi connectivity index (χ3n) is 2.99. The standard InChI is InChI=1S/C15H17FO4/c1-3-5-10-15(13(17)18,14(19)20-4-2)11-6-8-12(16)9-7-11/h3,5-9H,4,10H2,1-2H3,(H,17,18)/b5-3+. The number of carboxylic acid groups (broad SMARTS) is 1. The molecular formula is C15H17FO4. The summed E-state index contributed by atoms with van der Waals surface area (Å²) in [5.74, 6) is -2.67. The summed E-state index contributed by atoms with van der Waals surface area (Å²) in [6.07, 6.45) is 3.18. The maximum Gasteiger partial charge on any atom is 0.328 e. The van der Waals surface area contributed by atoms with E-state index in [1.165, 1.54) is 12.1 Å². The van der Waals surface area contributed by atoms with Crippen LogP contribution in [0.1, 0.15) is 25.8 Å². The highest BCUT2D eigenvalue weighted by molar-refractivity contribution is 6.05. The number of benzene rings is 1. The van der Waals surface area contributed by atoms with Crippen LogP contribution in [0.15, 0.2) is 36.4 Å². The van der Waals surface area contributed by atoms with Crippen molar-refractivity contribution < 1.29 is 23.8 Å². The maximum atomic E-state index is 13.0. The predicted octanol–water partition coefficient (Wildman–Crippen LogP) is 2.68.